The average Bonchev–Trinajstić information content (AvgIpc) is 3.66. The molecule has 0 spiro atoms. The van der Waals surface area contributed by atoms with Gasteiger partial charge in [-0.25, -0.2) is 8.78 Å². The van der Waals surface area contributed by atoms with Gasteiger partial charge in [0.05, 0.1) is 11.2 Å². The fourth-order valence-corrected chi connectivity index (χ4v) is 6.09. The number of nitrogens with one attached hydrogen (secondary N) is 2. The molecule has 2 aromatic carbocycles. The summed E-state index contributed by atoms with van der Waals surface area (Å²) in [7, 11) is 0. The molecular weight excluding hydrogens is 522 g/mol. The summed E-state index contributed by atoms with van der Waals surface area (Å²) in [6, 6.07) is 10.8. The summed E-state index contributed by atoms with van der Waals surface area (Å²) in [6.45, 7) is 9.07. The van der Waals surface area contributed by atoms with E-state index in [1.165, 1.54) is 44.1 Å². The highest BCUT2D eigenvalue weighted by Gasteiger charge is 2.34. The topological polar surface area (TPSA) is 60.6 Å². The van der Waals surface area contributed by atoms with Gasteiger partial charge in [-0.1, -0.05) is 24.6 Å². The standard InChI is InChI=1S/C24H33ClN4O2.C6H4F2/c1-16-13-29(15-18(16)14-28-6-2-3-7-28)24(30)22-11-17-10-19(25)12-21(23(17)27-22)26-20-4-8-31-9-5-20;7-5-2-1-3-6(8)4-5/h10-12,16,18,20,26-27H,2-9,13-15H2,1H3;1-4H/t16?,18-;/m1./s1. The van der Waals surface area contributed by atoms with Gasteiger partial charge in [-0.05, 0) is 80.9 Å². The van der Waals surface area contributed by atoms with Crippen molar-refractivity contribution in [2.75, 3.05) is 51.3 Å². The van der Waals surface area contributed by atoms with E-state index in [1.807, 2.05) is 23.1 Å². The lowest BCUT2D eigenvalue weighted by atomic mass is 9.98. The fourth-order valence-electron chi connectivity index (χ4n) is 5.86. The maximum atomic E-state index is 13.3. The molecule has 0 bridgehead atoms. The maximum Gasteiger partial charge on any atom is 0.270 e. The normalized spacial score (nSPS) is 22.2. The van der Waals surface area contributed by atoms with E-state index in [9.17, 15) is 13.6 Å². The lowest BCUT2D eigenvalue weighted by Crippen LogP contribution is -2.32. The van der Waals surface area contributed by atoms with Crippen LogP contribution >= 0.6 is 11.6 Å². The van der Waals surface area contributed by atoms with Gasteiger partial charge in [-0.3, -0.25) is 4.79 Å². The summed E-state index contributed by atoms with van der Waals surface area (Å²) in [5.74, 6) is 0.121. The van der Waals surface area contributed by atoms with E-state index in [4.69, 9.17) is 16.3 Å². The first-order chi connectivity index (χ1) is 18.9. The summed E-state index contributed by atoms with van der Waals surface area (Å²) < 4.78 is 29.3. The Morgan fingerprint density at radius 1 is 1.08 bits per heavy atom. The molecule has 3 saturated heterocycles. The predicted molar refractivity (Wildman–Crippen MR) is 151 cm³/mol. The molecule has 4 heterocycles. The molecule has 9 heteroatoms. The summed E-state index contributed by atoms with van der Waals surface area (Å²) in [6.07, 6.45) is 4.58. The molecule has 3 aliphatic heterocycles. The molecule has 0 saturated carbocycles. The molecule has 0 radical (unpaired) electrons. The van der Waals surface area contributed by atoms with E-state index in [1.54, 1.807) is 0 Å². The molecule has 3 aromatic rings. The highest BCUT2D eigenvalue weighted by Crippen LogP contribution is 2.32. The average molecular weight is 559 g/mol. The molecule has 39 heavy (non-hydrogen) atoms. The van der Waals surface area contributed by atoms with E-state index in [-0.39, 0.29) is 5.91 Å². The summed E-state index contributed by atoms with van der Waals surface area (Å²) in [5, 5.41) is 5.27. The molecule has 6 rings (SSSR count). The Morgan fingerprint density at radius 3 is 2.46 bits per heavy atom. The molecular formula is C30H37ClF2N4O2. The van der Waals surface area contributed by atoms with Gasteiger partial charge in [0.25, 0.3) is 5.91 Å². The summed E-state index contributed by atoms with van der Waals surface area (Å²) in [4.78, 5) is 21.3. The van der Waals surface area contributed by atoms with Gasteiger partial charge in [0.2, 0.25) is 0 Å². The summed E-state index contributed by atoms with van der Waals surface area (Å²) in [5.41, 5.74) is 2.58. The second kappa shape index (κ2) is 12.7. The van der Waals surface area contributed by atoms with Crippen LogP contribution in [-0.4, -0.2) is 72.7 Å². The van der Waals surface area contributed by atoms with E-state index in [2.05, 4.69) is 22.1 Å². The zero-order valence-electron chi connectivity index (χ0n) is 22.4. The number of aromatic nitrogens is 1. The number of anilines is 1. The second-order valence-corrected chi connectivity index (χ2v) is 11.5. The van der Waals surface area contributed by atoms with Crippen molar-refractivity contribution in [3.63, 3.8) is 0 Å². The molecule has 0 aliphatic carbocycles. The quantitative estimate of drug-likeness (QED) is 0.392. The SMILES string of the molecule is CC1CN(C(=O)c2cc3cc(Cl)cc(NC4CCOCC4)c3[nH]2)C[C@H]1CN1CCCC1.Fc1cccc(F)c1. The van der Waals surface area contributed by atoms with Crippen molar-refractivity contribution in [1.82, 2.24) is 14.8 Å². The Balaban J connectivity index is 0.000000332. The molecule has 1 unspecified atom stereocenters. The van der Waals surface area contributed by atoms with Gasteiger partial charge >= 0.3 is 0 Å². The van der Waals surface area contributed by atoms with Crippen molar-refractivity contribution in [3.8, 4) is 0 Å². The van der Waals surface area contributed by atoms with E-state index in [0.717, 1.165) is 68.3 Å². The monoisotopic (exact) mass is 558 g/mol. The van der Waals surface area contributed by atoms with E-state index < -0.39 is 11.6 Å². The predicted octanol–water partition coefficient (Wildman–Crippen LogP) is 6.18. The Bertz CT molecular complexity index is 1260. The van der Waals surface area contributed by atoms with Crippen molar-refractivity contribution in [1.29, 1.82) is 0 Å². The second-order valence-electron chi connectivity index (χ2n) is 11.0. The third-order valence-electron chi connectivity index (χ3n) is 8.04. The number of halogens is 3. The highest BCUT2D eigenvalue weighted by molar-refractivity contribution is 6.32. The number of carbonyl (C=O) groups excluding carboxylic acids is 1. The zero-order chi connectivity index (χ0) is 27.4. The third kappa shape index (κ3) is 7.10. The first-order valence-corrected chi connectivity index (χ1v) is 14.3. The number of hydrogen-bond acceptors (Lipinski definition) is 4. The van der Waals surface area contributed by atoms with Crippen LogP contribution in [0.3, 0.4) is 0 Å². The maximum absolute atomic E-state index is 13.3. The minimum absolute atomic E-state index is 0.0973. The number of carbonyl (C=O) groups is 1. The van der Waals surface area contributed by atoms with Crippen LogP contribution in [0.25, 0.3) is 10.9 Å². The lowest BCUT2D eigenvalue weighted by molar-refractivity contribution is 0.0777. The molecule has 1 aromatic heterocycles. The Morgan fingerprint density at radius 2 is 1.79 bits per heavy atom. The third-order valence-corrected chi connectivity index (χ3v) is 8.26. The molecule has 6 nitrogen and oxygen atoms in total. The minimum atomic E-state index is -0.537. The number of H-pyrrole nitrogens is 1. The number of aromatic amines is 1. The number of ether oxygens (including phenoxy) is 1. The van der Waals surface area contributed by atoms with Gasteiger partial charge in [0, 0.05) is 55.4 Å². The smallest absolute Gasteiger partial charge is 0.270 e. The van der Waals surface area contributed by atoms with Crippen LogP contribution in [0.2, 0.25) is 5.02 Å². The fraction of sp³-hybridized carbons (Fsp3) is 0.500. The molecule has 2 atom stereocenters. The molecule has 3 fully saturated rings. The van der Waals surface area contributed by atoms with Crippen LogP contribution in [-0.2, 0) is 4.74 Å². The van der Waals surface area contributed by atoms with Crippen LogP contribution in [0.1, 0.15) is 43.1 Å². The number of likely N-dealkylation sites (tertiary alicyclic amines) is 2. The molecule has 210 valence electrons. The number of rotatable bonds is 5. The van der Waals surface area contributed by atoms with Crippen LogP contribution in [0, 0.1) is 23.5 Å². The first-order valence-electron chi connectivity index (χ1n) is 13.9. The van der Waals surface area contributed by atoms with Crippen LogP contribution in [0.4, 0.5) is 14.5 Å². The summed E-state index contributed by atoms with van der Waals surface area (Å²) >= 11 is 6.40. The van der Waals surface area contributed by atoms with Gasteiger partial charge in [-0.15, -0.1) is 0 Å². The van der Waals surface area contributed by atoms with Gasteiger partial charge in [0.1, 0.15) is 17.3 Å². The lowest BCUT2D eigenvalue weighted by Gasteiger charge is -2.24. The van der Waals surface area contributed by atoms with Gasteiger partial charge < -0.3 is 24.8 Å². The number of benzene rings is 2. The van der Waals surface area contributed by atoms with Crippen molar-refractivity contribution >= 4 is 34.1 Å². The number of amides is 1. The Labute approximate surface area is 233 Å². The van der Waals surface area contributed by atoms with Crippen molar-refractivity contribution in [3.05, 3.63) is 64.8 Å². The van der Waals surface area contributed by atoms with Gasteiger partial charge in [0.15, 0.2) is 0 Å². The zero-order valence-corrected chi connectivity index (χ0v) is 23.2. The molecule has 1 amide bonds. The van der Waals surface area contributed by atoms with E-state index >= 15 is 0 Å². The highest BCUT2D eigenvalue weighted by atomic mass is 35.5. The van der Waals surface area contributed by atoms with E-state index in [0.29, 0.717) is 28.6 Å². The largest absolute Gasteiger partial charge is 0.381 e. The number of nitrogens with zero attached hydrogens (tertiary/aromatic N) is 2. The Kier molecular flexibility index (Phi) is 9.05. The number of fused-ring (bicyclic) bond motifs is 1. The Hall–Kier alpha value is -2.68. The number of hydrogen-bond donors (Lipinski definition) is 2. The van der Waals surface area contributed by atoms with Crippen molar-refractivity contribution in [2.45, 2.75) is 38.6 Å². The van der Waals surface area contributed by atoms with Crippen molar-refractivity contribution < 1.29 is 18.3 Å². The van der Waals surface area contributed by atoms with Crippen LogP contribution in [0.15, 0.2) is 42.5 Å². The van der Waals surface area contributed by atoms with Crippen LogP contribution < -0.4 is 5.32 Å². The van der Waals surface area contributed by atoms with Crippen molar-refractivity contribution in [2.24, 2.45) is 11.8 Å². The molecule has 3 aliphatic rings. The van der Waals surface area contributed by atoms with Crippen LogP contribution in [0.5, 0.6) is 0 Å². The van der Waals surface area contributed by atoms with Gasteiger partial charge in [-0.2, -0.15) is 0 Å². The molecule has 2 N–H and O–H groups in total. The minimum Gasteiger partial charge on any atom is -0.381 e. The first kappa shape index (κ1) is 27.9.